The summed E-state index contributed by atoms with van der Waals surface area (Å²) >= 11 is 0. The zero-order valence-electron chi connectivity index (χ0n) is 8.66. The van der Waals surface area contributed by atoms with Crippen molar-refractivity contribution in [3.8, 4) is 0 Å². The Labute approximate surface area is 217 Å². The molecule has 0 rings (SSSR count). The maximum atomic E-state index is 0. The monoisotopic (exact) mass is 720 g/mol. The van der Waals surface area contributed by atoms with Crippen molar-refractivity contribution in [2.45, 2.75) is 0 Å². The molecule has 0 saturated heterocycles. The Hall–Kier alpha value is 4.62. The first kappa shape index (κ1) is 566. The molecule has 0 saturated carbocycles. The molecular weight excluding hydrogens is 707 g/mol. The smallest absolute Gasteiger partial charge is 0.870 e. The molecule has 19 heteroatoms. The van der Waals surface area contributed by atoms with Gasteiger partial charge in [-0.1, -0.05) is 0 Å². The first-order valence-electron chi connectivity index (χ1n) is 0. The molecule has 12 nitrogen and oxygen atoms in total. The van der Waals surface area contributed by atoms with Crippen LogP contribution in [0.5, 0.6) is 0 Å². The van der Waals surface area contributed by atoms with Crippen molar-refractivity contribution in [2.24, 2.45) is 0 Å². The van der Waals surface area contributed by atoms with E-state index < -0.39 is 0 Å². The molecule has 116 valence electrons. The number of hydrogen-bond donors (Lipinski definition) is 0. The minimum Gasteiger partial charge on any atom is -0.870 e. The third kappa shape index (κ3) is 450. The first-order chi connectivity index (χ1) is 0. The standard InChI is InChI=1S/4Nb.12H2O.3Ti/h;;;;12*1H2;;;/q4*+3;;;;;;;;;;;;;;;/p-12. The van der Waals surface area contributed by atoms with Crippen LogP contribution in [0.1, 0.15) is 0 Å². The molecule has 0 fully saturated rings. The van der Waals surface area contributed by atoms with Crippen LogP contribution in [0.2, 0.25) is 0 Å². The van der Waals surface area contributed by atoms with Crippen LogP contribution >= 0.6 is 0 Å². The summed E-state index contributed by atoms with van der Waals surface area (Å²) in [5, 5.41) is 0. The van der Waals surface area contributed by atoms with Gasteiger partial charge in [-0.3, -0.25) is 0 Å². The van der Waals surface area contributed by atoms with E-state index in [0.717, 1.165) is 0 Å². The summed E-state index contributed by atoms with van der Waals surface area (Å²) in [6.45, 7) is 0. The Morgan fingerprint density at radius 1 is 0.158 bits per heavy atom. The van der Waals surface area contributed by atoms with Gasteiger partial charge in [0.2, 0.25) is 0 Å². The van der Waals surface area contributed by atoms with Gasteiger partial charge in [0.05, 0.1) is 0 Å². The van der Waals surface area contributed by atoms with E-state index in [4.69, 9.17) is 0 Å². The van der Waals surface area contributed by atoms with Crippen molar-refractivity contribution in [1.29, 1.82) is 0 Å². The second-order valence-corrected chi connectivity index (χ2v) is 0. The topological polar surface area (TPSA) is 360 Å². The maximum Gasteiger partial charge on any atom is 3.00 e. The second kappa shape index (κ2) is 495. The van der Waals surface area contributed by atoms with Gasteiger partial charge in [0.25, 0.3) is 0 Å². The summed E-state index contributed by atoms with van der Waals surface area (Å²) in [5.41, 5.74) is 0. The van der Waals surface area contributed by atoms with E-state index in [-0.39, 0.29) is 220 Å². The fraction of sp³-hybridized carbons (Fsp3) is 0. The van der Waals surface area contributed by atoms with E-state index >= 15 is 0 Å². The average molecular weight is 719 g/mol. The number of rotatable bonds is 0. The molecule has 0 aromatic rings. The van der Waals surface area contributed by atoms with Gasteiger partial charge in [0.15, 0.2) is 0 Å². The van der Waals surface area contributed by atoms with Gasteiger partial charge in [-0.15, -0.1) is 0 Å². The summed E-state index contributed by atoms with van der Waals surface area (Å²) in [6.07, 6.45) is 0. The second-order valence-electron chi connectivity index (χ2n) is 0. The molecule has 0 aliphatic rings. The van der Waals surface area contributed by atoms with Crippen LogP contribution in [0.3, 0.4) is 0 Å². The van der Waals surface area contributed by atoms with Crippen LogP contribution in [0.15, 0.2) is 0 Å². The van der Waals surface area contributed by atoms with E-state index in [0.29, 0.717) is 0 Å². The van der Waals surface area contributed by atoms with E-state index in [1.165, 1.54) is 0 Å². The summed E-state index contributed by atoms with van der Waals surface area (Å²) in [4.78, 5) is 0. The average Bonchev–Trinajstić information content (AvgIpc) is 0. The SMILES string of the molecule is [Nb+3].[Nb+3].[Nb+3].[Nb+3].[OH-].[OH-].[OH-].[OH-].[OH-].[OH-].[OH-].[OH-].[OH-].[OH-].[OH-].[OH-].[Ti].[Ti].[Ti]. The molecule has 0 atom stereocenters. The first-order valence-corrected chi connectivity index (χ1v) is 0. The molecule has 0 spiro atoms. The van der Waals surface area contributed by atoms with E-state index in [2.05, 4.69) is 0 Å². The summed E-state index contributed by atoms with van der Waals surface area (Å²) in [7, 11) is 0. The Balaban J connectivity index is 0. The molecule has 0 aromatic heterocycles. The van der Waals surface area contributed by atoms with Gasteiger partial charge in [-0.05, 0) is 0 Å². The van der Waals surface area contributed by atoms with Crippen molar-refractivity contribution in [2.75, 3.05) is 0 Å². The largest absolute Gasteiger partial charge is 3.00 e. The quantitative estimate of drug-likeness (QED) is 0.242. The third-order valence-corrected chi connectivity index (χ3v) is 0. The fourth-order valence-corrected chi connectivity index (χ4v) is 0. The Bertz CT molecular complexity index is 24.9. The number of hydrogen-bond acceptors (Lipinski definition) is 12. The molecule has 0 aliphatic heterocycles. The van der Waals surface area contributed by atoms with Crippen molar-refractivity contribution < 1.29 is 220 Å². The van der Waals surface area contributed by atoms with Gasteiger partial charge in [-0.25, -0.2) is 0 Å². The van der Waals surface area contributed by atoms with E-state index in [9.17, 15) is 0 Å². The molecule has 0 bridgehead atoms. The van der Waals surface area contributed by atoms with Gasteiger partial charge in [0.1, 0.15) is 0 Å². The van der Waals surface area contributed by atoms with Gasteiger partial charge < -0.3 is 65.7 Å². The predicted octanol–water partition coefficient (Wildman–Crippen LogP) is -2.14. The summed E-state index contributed by atoms with van der Waals surface area (Å²) in [6, 6.07) is 0. The van der Waals surface area contributed by atoms with E-state index in [1.54, 1.807) is 0 Å². The van der Waals surface area contributed by atoms with Crippen molar-refractivity contribution in [3.63, 3.8) is 0 Å². The van der Waals surface area contributed by atoms with E-state index in [1.807, 2.05) is 0 Å². The van der Waals surface area contributed by atoms with Gasteiger partial charge in [0, 0.05) is 65.2 Å². The predicted molar refractivity (Wildman–Crippen MR) is 23.2 cm³/mol. The van der Waals surface area contributed by atoms with Crippen LogP contribution in [0.4, 0.5) is 0 Å². The fourth-order valence-electron chi connectivity index (χ4n) is 0. The molecule has 19 heavy (non-hydrogen) atoms. The minimum atomic E-state index is 0. The molecule has 0 heterocycles. The Kier molecular flexibility index (Phi) is 14700. The van der Waals surface area contributed by atoms with Crippen molar-refractivity contribution >= 4 is 0 Å². The van der Waals surface area contributed by atoms with Gasteiger partial charge >= 0.3 is 89.5 Å². The Morgan fingerprint density at radius 2 is 0.158 bits per heavy atom. The minimum absolute atomic E-state index is 0. The Morgan fingerprint density at radius 3 is 0.158 bits per heavy atom. The zero-order chi connectivity index (χ0) is 0. The molecule has 0 aromatic carbocycles. The summed E-state index contributed by atoms with van der Waals surface area (Å²) in [5.74, 6) is 0. The van der Waals surface area contributed by atoms with Crippen LogP contribution in [-0.4, -0.2) is 65.7 Å². The molecule has 12 N–H and O–H groups in total. The van der Waals surface area contributed by atoms with Crippen molar-refractivity contribution in [1.82, 2.24) is 0 Å². The molecular formula is H12Nb4O12Ti3. The normalized spacial score (nSPS) is 0. The molecule has 0 amide bonds. The molecule has 0 aliphatic carbocycles. The van der Waals surface area contributed by atoms with Gasteiger partial charge in [-0.2, -0.15) is 0 Å². The molecule has 0 radical (unpaired) electrons. The van der Waals surface area contributed by atoms with Crippen LogP contribution in [-0.2, 0) is 155 Å². The maximum absolute atomic E-state index is 0. The third-order valence-electron chi connectivity index (χ3n) is 0. The van der Waals surface area contributed by atoms with Crippen molar-refractivity contribution in [3.05, 3.63) is 0 Å². The zero-order valence-corrected chi connectivity index (χ0v) is 22.1. The molecule has 0 unspecified atom stereocenters. The van der Waals surface area contributed by atoms with Crippen LogP contribution in [0.25, 0.3) is 0 Å². The van der Waals surface area contributed by atoms with Crippen LogP contribution in [0, 0.1) is 0 Å². The summed E-state index contributed by atoms with van der Waals surface area (Å²) < 4.78 is 0. The van der Waals surface area contributed by atoms with Crippen LogP contribution < -0.4 is 0 Å².